The van der Waals surface area contributed by atoms with Crippen molar-refractivity contribution in [2.45, 2.75) is 116 Å². The summed E-state index contributed by atoms with van der Waals surface area (Å²) in [5.74, 6) is 0.178. The Morgan fingerprint density at radius 2 is 1.50 bits per heavy atom. The molecule has 1 heterocycles. The first-order chi connectivity index (χ1) is 13.7. The van der Waals surface area contributed by atoms with Gasteiger partial charge < -0.3 is 16.0 Å². The molecule has 0 unspecified atom stereocenters. The fraction of sp³-hybridized carbons (Fsp3) is 0.913. The topological polar surface area (TPSA) is 75.4 Å². The molecule has 5 heteroatoms. The van der Waals surface area contributed by atoms with Crippen LogP contribution in [0.3, 0.4) is 0 Å². The summed E-state index contributed by atoms with van der Waals surface area (Å²) in [4.78, 5) is 26.7. The van der Waals surface area contributed by atoms with Crippen molar-refractivity contribution in [3.63, 3.8) is 0 Å². The Bertz CT molecular complexity index is 415. The van der Waals surface area contributed by atoms with Gasteiger partial charge in [-0.1, -0.05) is 71.1 Å². The molecule has 0 aromatic heterocycles. The van der Waals surface area contributed by atoms with E-state index in [1.54, 1.807) is 4.90 Å². The van der Waals surface area contributed by atoms with Crippen LogP contribution in [0.25, 0.3) is 0 Å². The van der Waals surface area contributed by atoms with Crippen LogP contribution in [0.15, 0.2) is 0 Å². The summed E-state index contributed by atoms with van der Waals surface area (Å²) in [5.41, 5.74) is 5.50. The smallest absolute Gasteiger partial charge is 0.242 e. The van der Waals surface area contributed by atoms with Gasteiger partial charge in [0.1, 0.15) is 6.04 Å². The van der Waals surface area contributed by atoms with Gasteiger partial charge in [0.05, 0.1) is 0 Å². The maximum Gasteiger partial charge on any atom is 0.242 e. The molecule has 0 aliphatic carbocycles. The maximum atomic E-state index is 12.5. The number of likely N-dealkylation sites (tertiary alicyclic amines) is 1. The molecule has 0 saturated carbocycles. The van der Waals surface area contributed by atoms with Crippen LogP contribution in [-0.2, 0) is 9.59 Å². The molecule has 2 amide bonds. The predicted octanol–water partition coefficient (Wildman–Crippen LogP) is 4.53. The normalized spacial score (nSPS) is 16.5. The van der Waals surface area contributed by atoms with Crippen LogP contribution in [0.4, 0.5) is 0 Å². The van der Waals surface area contributed by atoms with Crippen LogP contribution in [0.5, 0.6) is 0 Å². The summed E-state index contributed by atoms with van der Waals surface area (Å²) >= 11 is 0. The van der Waals surface area contributed by atoms with Crippen molar-refractivity contribution in [3.8, 4) is 0 Å². The highest BCUT2D eigenvalue weighted by Gasteiger charge is 2.33. The van der Waals surface area contributed by atoms with Crippen LogP contribution in [0, 0.1) is 0 Å². The third-order valence-electron chi connectivity index (χ3n) is 5.80. The maximum absolute atomic E-state index is 12.5. The first kappa shape index (κ1) is 24.9. The van der Waals surface area contributed by atoms with E-state index in [0.29, 0.717) is 13.0 Å². The molecule has 1 fully saturated rings. The second-order valence-electron chi connectivity index (χ2n) is 8.32. The van der Waals surface area contributed by atoms with Crippen molar-refractivity contribution in [1.82, 2.24) is 10.2 Å². The van der Waals surface area contributed by atoms with E-state index in [2.05, 4.69) is 12.2 Å². The molecule has 3 N–H and O–H groups in total. The number of amides is 2. The van der Waals surface area contributed by atoms with Gasteiger partial charge in [-0.15, -0.1) is 0 Å². The lowest BCUT2D eigenvalue weighted by molar-refractivity contribution is -0.138. The first-order valence-corrected chi connectivity index (χ1v) is 12.0. The summed E-state index contributed by atoms with van der Waals surface area (Å²) in [6, 6.07) is -0.245. The Hall–Kier alpha value is -1.10. The second-order valence-corrected chi connectivity index (χ2v) is 8.32. The lowest BCUT2D eigenvalue weighted by atomic mass is 10.1. The van der Waals surface area contributed by atoms with Crippen LogP contribution < -0.4 is 11.1 Å². The van der Waals surface area contributed by atoms with Gasteiger partial charge >= 0.3 is 0 Å². The summed E-state index contributed by atoms with van der Waals surface area (Å²) in [5, 5.41) is 3.06. The second kappa shape index (κ2) is 16.8. The molecule has 28 heavy (non-hydrogen) atoms. The lowest BCUT2D eigenvalue weighted by Crippen LogP contribution is -2.46. The molecule has 1 aliphatic heterocycles. The average molecular weight is 396 g/mol. The quantitative estimate of drug-likeness (QED) is 0.355. The van der Waals surface area contributed by atoms with Crippen LogP contribution in [-0.4, -0.2) is 42.4 Å². The van der Waals surface area contributed by atoms with Crippen molar-refractivity contribution < 1.29 is 9.59 Å². The van der Waals surface area contributed by atoms with E-state index in [4.69, 9.17) is 5.73 Å². The van der Waals surface area contributed by atoms with E-state index < -0.39 is 0 Å². The minimum Gasteiger partial charge on any atom is -0.354 e. The van der Waals surface area contributed by atoms with Gasteiger partial charge in [-0.25, -0.2) is 0 Å². The van der Waals surface area contributed by atoms with E-state index >= 15 is 0 Å². The van der Waals surface area contributed by atoms with E-state index in [9.17, 15) is 9.59 Å². The van der Waals surface area contributed by atoms with E-state index in [1.165, 1.54) is 57.8 Å². The summed E-state index contributed by atoms with van der Waals surface area (Å²) < 4.78 is 0. The van der Waals surface area contributed by atoms with E-state index in [1.807, 2.05) is 0 Å². The van der Waals surface area contributed by atoms with Crippen molar-refractivity contribution in [2.24, 2.45) is 5.73 Å². The molecule has 5 nitrogen and oxygen atoms in total. The fourth-order valence-corrected chi connectivity index (χ4v) is 4.02. The highest BCUT2D eigenvalue weighted by atomic mass is 16.2. The number of carbonyl (C=O) groups is 2. The minimum atomic E-state index is -0.245. The van der Waals surface area contributed by atoms with Gasteiger partial charge in [-0.3, -0.25) is 9.59 Å². The number of nitrogens with zero attached hydrogens (tertiary/aromatic N) is 1. The molecule has 1 aliphatic rings. The first-order valence-electron chi connectivity index (χ1n) is 12.0. The Morgan fingerprint density at radius 1 is 0.893 bits per heavy atom. The van der Waals surface area contributed by atoms with Crippen LogP contribution in [0.2, 0.25) is 0 Å². The van der Waals surface area contributed by atoms with Gasteiger partial charge in [0.25, 0.3) is 0 Å². The number of nitrogens with one attached hydrogen (secondary N) is 1. The molecule has 0 aromatic carbocycles. The number of nitrogens with two attached hydrogens (primary N) is 1. The molecular formula is C23H45N3O2. The number of hydrogen-bond acceptors (Lipinski definition) is 3. The van der Waals surface area contributed by atoms with Gasteiger partial charge in [0.2, 0.25) is 11.8 Å². The molecule has 1 saturated heterocycles. The lowest BCUT2D eigenvalue weighted by Gasteiger charge is -2.24. The van der Waals surface area contributed by atoms with Gasteiger partial charge in [0, 0.05) is 19.5 Å². The Labute approximate surface area is 173 Å². The van der Waals surface area contributed by atoms with Crippen LogP contribution >= 0.6 is 0 Å². The molecule has 0 radical (unpaired) electrons. The van der Waals surface area contributed by atoms with E-state index in [0.717, 1.165) is 51.6 Å². The number of rotatable bonds is 17. The SMILES string of the molecule is CCCCCCCCCCCCNC(=O)[C@@H]1CCCN1C(=O)CCCCCN. The van der Waals surface area contributed by atoms with Crippen molar-refractivity contribution >= 4 is 11.8 Å². The highest BCUT2D eigenvalue weighted by molar-refractivity contribution is 5.88. The third-order valence-corrected chi connectivity index (χ3v) is 5.80. The fourth-order valence-electron chi connectivity index (χ4n) is 4.02. The zero-order valence-electron chi connectivity index (χ0n) is 18.4. The zero-order chi connectivity index (χ0) is 20.5. The van der Waals surface area contributed by atoms with Crippen LogP contribution in [0.1, 0.15) is 110 Å². The summed E-state index contributed by atoms with van der Waals surface area (Å²) in [6.45, 7) is 4.41. The standard InChI is InChI=1S/C23H45N3O2/c1-2-3-4-5-6-7-8-9-10-14-19-25-23(28)21-16-15-20-26(21)22(27)17-12-11-13-18-24/h21H,2-20,24H2,1H3,(H,25,28)/t21-/m0/s1. The number of carbonyl (C=O) groups excluding carboxylic acids is 2. The predicted molar refractivity (Wildman–Crippen MR) is 117 cm³/mol. The third kappa shape index (κ3) is 11.0. The molecule has 164 valence electrons. The molecule has 1 rings (SSSR count). The molecule has 0 bridgehead atoms. The summed E-state index contributed by atoms with van der Waals surface area (Å²) in [7, 11) is 0. The van der Waals surface area contributed by atoms with Crippen molar-refractivity contribution in [3.05, 3.63) is 0 Å². The Balaban J connectivity index is 2.06. The van der Waals surface area contributed by atoms with Gasteiger partial charge in [0.15, 0.2) is 0 Å². The van der Waals surface area contributed by atoms with Crippen molar-refractivity contribution in [1.29, 1.82) is 0 Å². The zero-order valence-corrected chi connectivity index (χ0v) is 18.4. The number of hydrogen-bond donors (Lipinski definition) is 2. The summed E-state index contributed by atoms with van der Waals surface area (Å²) in [6.07, 6.45) is 18.1. The average Bonchev–Trinajstić information content (AvgIpc) is 3.19. The highest BCUT2D eigenvalue weighted by Crippen LogP contribution is 2.19. The Kier molecular flexibility index (Phi) is 15.0. The van der Waals surface area contributed by atoms with Gasteiger partial charge in [-0.2, -0.15) is 0 Å². The monoisotopic (exact) mass is 395 g/mol. The molecule has 0 aromatic rings. The molecule has 0 spiro atoms. The Morgan fingerprint density at radius 3 is 2.14 bits per heavy atom. The van der Waals surface area contributed by atoms with E-state index in [-0.39, 0.29) is 17.9 Å². The molecular weight excluding hydrogens is 350 g/mol. The van der Waals surface area contributed by atoms with Crippen molar-refractivity contribution in [2.75, 3.05) is 19.6 Å². The minimum absolute atomic E-state index is 0.0451. The largest absolute Gasteiger partial charge is 0.354 e. The molecule has 1 atom stereocenters. The number of unbranched alkanes of at least 4 members (excludes halogenated alkanes) is 11. The van der Waals surface area contributed by atoms with Gasteiger partial charge in [-0.05, 0) is 38.6 Å².